The molecule has 0 fully saturated rings. The number of aliphatic carboxylic acids is 1. The lowest BCUT2D eigenvalue weighted by atomic mass is 10.2. The van der Waals surface area contributed by atoms with Crippen molar-refractivity contribution < 1.29 is 19.8 Å². The summed E-state index contributed by atoms with van der Waals surface area (Å²) in [6.45, 7) is 1.25. The molecule has 0 spiro atoms. The monoisotopic (exact) mass is 275 g/mol. The van der Waals surface area contributed by atoms with E-state index in [1.807, 2.05) is 0 Å². The Hall–Kier alpha value is -2.83. The first-order chi connectivity index (χ1) is 9.47. The van der Waals surface area contributed by atoms with Crippen molar-refractivity contribution in [2.75, 3.05) is 11.4 Å². The summed E-state index contributed by atoms with van der Waals surface area (Å²) in [6, 6.07) is 7.24. The van der Waals surface area contributed by atoms with Crippen LogP contribution in [0, 0.1) is 6.92 Å². The molecule has 0 radical (unpaired) electrons. The maximum absolute atomic E-state index is 12.3. The number of rotatable bonds is 4. The van der Waals surface area contributed by atoms with Crippen molar-refractivity contribution in [2.45, 2.75) is 6.92 Å². The molecule has 0 unspecified atom stereocenters. The zero-order chi connectivity index (χ0) is 14.7. The smallest absolute Gasteiger partial charge is 0.323 e. The Kier molecular flexibility index (Phi) is 3.69. The number of nitrogens with one attached hydrogen (secondary N) is 1. The Bertz CT molecular complexity index is 633. The fraction of sp³-hybridized carbons (Fsp3) is 0.154. The molecule has 0 bridgehead atoms. The lowest BCUT2D eigenvalue weighted by molar-refractivity contribution is -0.135. The van der Waals surface area contributed by atoms with Crippen LogP contribution in [-0.4, -0.2) is 38.8 Å². The number of aryl methyl sites for hydroxylation is 1. The predicted octanol–water partition coefficient (Wildman–Crippen LogP) is 1.16. The Morgan fingerprint density at radius 2 is 1.95 bits per heavy atom. The van der Waals surface area contributed by atoms with Crippen LogP contribution >= 0.6 is 0 Å². The second kappa shape index (κ2) is 5.43. The minimum atomic E-state index is -1.14. The number of aromatic nitrogens is 2. The summed E-state index contributed by atoms with van der Waals surface area (Å²) in [5.41, 5.74) is 1.21. The third-order valence-electron chi connectivity index (χ3n) is 2.62. The van der Waals surface area contributed by atoms with Gasteiger partial charge in [-0.2, -0.15) is 5.10 Å². The number of benzene rings is 1. The van der Waals surface area contributed by atoms with E-state index in [1.165, 1.54) is 30.3 Å². The van der Waals surface area contributed by atoms with Crippen LogP contribution in [0.25, 0.3) is 0 Å². The van der Waals surface area contributed by atoms with Crippen LogP contribution in [0.1, 0.15) is 16.2 Å². The van der Waals surface area contributed by atoms with Gasteiger partial charge in [0.25, 0.3) is 5.91 Å². The highest BCUT2D eigenvalue weighted by molar-refractivity contribution is 6.07. The maximum Gasteiger partial charge on any atom is 0.323 e. The molecule has 7 nitrogen and oxygen atoms in total. The molecule has 0 aliphatic carbocycles. The molecule has 0 aliphatic rings. The molecule has 0 aliphatic heterocycles. The summed E-state index contributed by atoms with van der Waals surface area (Å²) in [6.07, 6.45) is 0. The van der Waals surface area contributed by atoms with E-state index in [9.17, 15) is 14.7 Å². The van der Waals surface area contributed by atoms with E-state index in [1.54, 1.807) is 6.92 Å². The minimum Gasteiger partial charge on any atom is -0.508 e. The lowest BCUT2D eigenvalue weighted by Gasteiger charge is -2.19. The van der Waals surface area contributed by atoms with Crippen LogP contribution in [0.5, 0.6) is 5.75 Å². The molecule has 7 heteroatoms. The van der Waals surface area contributed by atoms with Gasteiger partial charge in [-0.1, -0.05) is 0 Å². The summed E-state index contributed by atoms with van der Waals surface area (Å²) in [4.78, 5) is 24.3. The van der Waals surface area contributed by atoms with Gasteiger partial charge in [-0.3, -0.25) is 19.6 Å². The maximum atomic E-state index is 12.3. The third-order valence-corrected chi connectivity index (χ3v) is 2.62. The molecule has 2 aromatic rings. The van der Waals surface area contributed by atoms with Crippen LogP contribution in [0.4, 0.5) is 5.69 Å². The zero-order valence-electron chi connectivity index (χ0n) is 10.7. The number of anilines is 1. The van der Waals surface area contributed by atoms with Gasteiger partial charge in [0.1, 0.15) is 12.3 Å². The van der Waals surface area contributed by atoms with E-state index in [2.05, 4.69) is 10.2 Å². The summed E-state index contributed by atoms with van der Waals surface area (Å²) < 4.78 is 0. The number of carbonyl (C=O) groups excluding carboxylic acids is 1. The number of nitrogens with zero attached hydrogens (tertiary/aromatic N) is 2. The number of aromatic hydroxyl groups is 1. The number of carboxylic acids is 1. The molecule has 1 aromatic heterocycles. The van der Waals surface area contributed by atoms with Gasteiger partial charge < -0.3 is 10.2 Å². The lowest BCUT2D eigenvalue weighted by Crippen LogP contribution is -2.35. The molecule has 0 saturated heterocycles. The number of aromatic amines is 1. The Balaban J connectivity index is 2.34. The first-order valence-electron chi connectivity index (χ1n) is 5.82. The average Bonchev–Trinajstić information content (AvgIpc) is 2.83. The number of phenolic OH excluding ortho intramolecular Hbond substituents is 1. The van der Waals surface area contributed by atoms with Gasteiger partial charge in [0.2, 0.25) is 0 Å². The first-order valence-corrected chi connectivity index (χ1v) is 5.82. The van der Waals surface area contributed by atoms with Crippen LogP contribution in [0.3, 0.4) is 0 Å². The first kappa shape index (κ1) is 13.6. The summed E-state index contributed by atoms with van der Waals surface area (Å²) in [5.74, 6) is -1.63. The number of carbonyl (C=O) groups is 2. The molecule has 1 aromatic carbocycles. The van der Waals surface area contributed by atoms with E-state index in [-0.39, 0.29) is 11.4 Å². The van der Waals surface area contributed by atoms with Crippen molar-refractivity contribution >= 4 is 17.6 Å². The molecule has 104 valence electrons. The van der Waals surface area contributed by atoms with Gasteiger partial charge in [0.15, 0.2) is 5.69 Å². The molecule has 2 rings (SSSR count). The molecule has 20 heavy (non-hydrogen) atoms. The van der Waals surface area contributed by atoms with Gasteiger partial charge in [-0.25, -0.2) is 0 Å². The van der Waals surface area contributed by atoms with Crippen LogP contribution in [0.15, 0.2) is 30.3 Å². The Labute approximate surface area is 114 Å². The quantitative estimate of drug-likeness (QED) is 0.776. The van der Waals surface area contributed by atoms with E-state index in [4.69, 9.17) is 5.11 Å². The number of amides is 1. The minimum absolute atomic E-state index is 0.0343. The number of H-pyrrole nitrogens is 1. The summed E-state index contributed by atoms with van der Waals surface area (Å²) >= 11 is 0. The number of phenols is 1. The van der Waals surface area contributed by atoms with Gasteiger partial charge in [-0.05, 0) is 37.3 Å². The molecule has 0 atom stereocenters. The highest BCUT2D eigenvalue weighted by atomic mass is 16.4. The second-order valence-corrected chi connectivity index (χ2v) is 4.24. The number of hydrogen-bond acceptors (Lipinski definition) is 4. The van der Waals surface area contributed by atoms with Crippen molar-refractivity contribution in [3.05, 3.63) is 41.7 Å². The summed E-state index contributed by atoms with van der Waals surface area (Å²) in [7, 11) is 0. The number of carboxylic acid groups (broad SMARTS) is 1. The molecule has 0 saturated carbocycles. The Morgan fingerprint density at radius 3 is 2.45 bits per heavy atom. The molecular formula is C13H13N3O4. The fourth-order valence-corrected chi connectivity index (χ4v) is 1.71. The fourth-order valence-electron chi connectivity index (χ4n) is 1.71. The molecule has 3 N–H and O–H groups in total. The molecule has 1 amide bonds. The highest BCUT2D eigenvalue weighted by Gasteiger charge is 2.22. The largest absolute Gasteiger partial charge is 0.508 e. The van der Waals surface area contributed by atoms with E-state index >= 15 is 0 Å². The van der Waals surface area contributed by atoms with Crippen LogP contribution < -0.4 is 4.90 Å². The van der Waals surface area contributed by atoms with Crippen molar-refractivity contribution in [3.8, 4) is 5.75 Å². The third kappa shape index (κ3) is 2.94. The van der Waals surface area contributed by atoms with E-state index < -0.39 is 18.4 Å². The van der Waals surface area contributed by atoms with Gasteiger partial charge in [0, 0.05) is 11.4 Å². The van der Waals surface area contributed by atoms with Crippen LogP contribution in [0.2, 0.25) is 0 Å². The zero-order valence-corrected chi connectivity index (χ0v) is 10.7. The highest BCUT2D eigenvalue weighted by Crippen LogP contribution is 2.20. The van der Waals surface area contributed by atoms with Gasteiger partial charge in [-0.15, -0.1) is 0 Å². The van der Waals surface area contributed by atoms with Gasteiger partial charge >= 0.3 is 5.97 Å². The van der Waals surface area contributed by atoms with Crippen molar-refractivity contribution in [1.29, 1.82) is 0 Å². The van der Waals surface area contributed by atoms with Crippen LogP contribution in [-0.2, 0) is 4.79 Å². The average molecular weight is 275 g/mol. The van der Waals surface area contributed by atoms with Crippen molar-refractivity contribution in [2.24, 2.45) is 0 Å². The topological polar surface area (TPSA) is 107 Å². The Morgan fingerprint density at radius 1 is 1.30 bits per heavy atom. The van der Waals surface area contributed by atoms with E-state index in [0.29, 0.717) is 11.4 Å². The predicted molar refractivity (Wildman–Crippen MR) is 70.7 cm³/mol. The number of hydrogen-bond donors (Lipinski definition) is 3. The SMILES string of the molecule is Cc1cc(C(=O)N(CC(=O)O)c2ccc(O)cc2)n[nH]1. The standard InChI is InChI=1S/C13H13N3O4/c1-8-6-11(15-14-8)13(20)16(7-12(18)19)9-2-4-10(17)5-3-9/h2-6,17H,7H2,1H3,(H,14,15)(H,18,19). The molecular weight excluding hydrogens is 262 g/mol. The van der Waals surface area contributed by atoms with Gasteiger partial charge in [0.05, 0.1) is 0 Å². The molecule has 1 heterocycles. The summed E-state index contributed by atoms with van der Waals surface area (Å²) in [5, 5.41) is 24.6. The van der Waals surface area contributed by atoms with E-state index in [0.717, 1.165) is 4.90 Å². The van der Waals surface area contributed by atoms with Crippen molar-refractivity contribution in [1.82, 2.24) is 10.2 Å². The normalized spacial score (nSPS) is 10.2. The second-order valence-electron chi connectivity index (χ2n) is 4.24. The van der Waals surface area contributed by atoms with Crippen molar-refractivity contribution in [3.63, 3.8) is 0 Å².